The minimum absolute atomic E-state index is 0.264. The Morgan fingerprint density at radius 3 is 2.26 bits per heavy atom. The van der Waals surface area contributed by atoms with Crippen LogP contribution >= 0.6 is 22.6 Å². The third kappa shape index (κ3) is 7.44. The summed E-state index contributed by atoms with van der Waals surface area (Å²) in [6, 6.07) is -1.68. The summed E-state index contributed by atoms with van der Waals surface area (Å²) in [6.45, 7) is 10.5. The van der Waals surface area contributed by atoms with Gasteiger partial charge in [0.15, 0.2) is 0 Å². The zero-order valence-electron chi connectivity index (χ0n) is 16.8. The molecule has 3 N–H and O–H groups in total. The maximum atomic E-state index is 12.9. The monoisotopic (exact) mass is 498 g/mol. The highest BCUT2D eigenvalue weighted by Gasteiger charge is 2.44. The van der Waals surface area contributed by atoms with E-state index in [-0.39, 0.29) is 12.7 Å². The zero-order valence-corrected chi connectivity index (χ0v) is 19.0. The van der Waals surface area contributed by atoms with Crippen LogP contribution in [0.5, 0.6) is 0 Å². The van der Waals surface area contributed by atoms with Gasteiger partial charge in [0.2, 0.25) is 5.91 Å². The van der Waals surface area contributed by atoms with Crippen LogP contribution in [0.25, 0.3) is 0 Å². The van der Waals surface area contributed by atoms with Gasteiger partial charge < -0.3 is 25.2 Å². The number of hydrogen-bond donors (Lipinski definition) is 3. The van der Waals surface area contributed by atoms with E-state index in [0.717, 1.165) is 0 Å². The van der Waals surface area contributed by atoms with Crippen LogP contribution in [0.4, 0.5) is 4.79 Å². The number of aliphatic hydroxyl groups is 1. The lowest BCUT2D eigenvalue weighted by molar-refractivity contribution is -0.146. The van der Waals surface area contributed by atoms with E-state index in [1.807, 2.05) is 20.8 Å². The molecule has 27 heavy (non-hydrogen) atoms. The van der Waals surface area contributed by atoms with E-state index in [2.05, 4.69) is 33.2 Å². The summed E-state index contributed by atoms with van der Waals surface area (Å²) in [5.41, 5.74) is -1.15. The Balaban J connectivity index is 3.01. The third-order valence-corrected chi connectivity index (χ3v) is 5.16. The molecule has 8 nitrogen and oxygen atoms in total. The van der Waals surface area contributed by atoms with Gasteiger partial charge in [-0.2, -0.15) is 0 Å². The van der Waals surface area contributed by atoms with E-state index < -0.39 is 47.0 Å². The molecule has 1 fully saturated rings. The molecule has 1 saturated heterocycles. The van der Waals surface area contributed by atoms with Gasteiger partial charge in [-0.25, -0.2) is 4.79 Å². The number of alkyl halides is 1. The molecule has 1 heterocycles. The number of halogens is 1. The quantitative estimate of drug-likeness (QED) is 0.292. The van der Waals surface area contributed by atoms with E-state index in [9.17, 15) is 19.5 Å². The molecule has 4 atom stereocenters. The number of rotatable bonds is 6. The Labute approximate surface area is 174 Å². The maximum Gasteiger partial charge on any atom is 0.408 e. The second kappa shape index (κ2) is 9.40. The molecule has 156 valence electrons. The van der Waals surface area contributed by atoms with Gasteiger partial charge >= 0.3 is 12.1 Å². The summed E-state index contributed by atoms with van der Waals surface area (Å²) < 4.78 is 11.1. The van der Waals surface area contributed by atoms with Crippen molar-refractivity contribution in [3.63, 3.8) is 0 Å². The van der Waals surface area contributed by atoms with Crippen LogP contribution in [0.2, 0.25) is 0 Å². The first kappa shape index (κ1) is 23.9. The molecule has 0 aromatic rings. The number of carbonyl (C=O) groups excluding carboxylic acids is 3. The number of cyclic esters (lactones) is 1. The van der Waals surface area contributed by atoms with Crippen molar-refractivity contribution in [3.8, 4) is 0 Å². The normalized spacial score (nSPS) is 22.6. The van der Waals surface area contributed by atoms with Gasteiger partial charge in [-0.05, 0) is 26.2 Å². The largest absolute Gasteiger partial charge is 0.461 e. The van der Waals surface area contributed by atoms with Crippen LogP contribution in [-0.4, -0.2) is 57.9 Å². The number of aliphatic hydroxyl groups excluding tert-OH is 1. The first-order chi connectivity index (χ1) is 12.3. The summed E-state index contributed by atoms with van der Waals surface area (Å²) in [4.78, 5) is 37.4. The molecule has 0 unspecified atom stereocenters. The van der Waals surface area contributed by atoms with Crippen LogP contribution < -0.4 is 10.6 Å². The number of amides is 2. The Morgan fingerprint density at radius 1 is 1.26 bits per heavy atom. The van der Waals surface area contributed by atoms with Gasteiger partial charge in [0.05, 0.1) is 18.6 Å². The van der Waals surface area contributed by atoms with Crippen molar-refractivity contribution in [2.45, 2.75) is 71.8 Å². The standard InChI is InChI=1S/C18H31IN2O6/c1-17(2,3)12(9-22)20-14(23)13(21-16(25)27-18(4,5)6)11-7-10(8-19)26-15(11)24/h10-13,22H,7-9H2,1-6H3,(H,20,23)(H,21,25)/t10-,11+,12+,13-/m1/s1. The summed E-state index contributed by atoms with van der Waals surface area (Å²) in [5, 5.41) is 14.9. The van der Waals surface area contributed by atoms with Crippen molar-refractivity contribution in [2.24, 2.45) is 11.3 Å². The van der Waals surface area contributed by atoms with Crippen LogP contribution in [0.1, 0.15) is 48.0 Å². The fourth-order valence-electron chi connectivity index (χ4n) is 2.63. The molecule has 0 spiro atoms. The predicted octanol–water partition coefficient (Wildman–Crippen LogP) is 1.77. The van der Waals surface area contributed by atoms with Crippen molar-refractivity contribution in [1.82, 2.24) is 10.6 Å². The van der Waals surface area contributed by atoms with Gasteiger partial charge in [0.25, 0.3) is 0 Å². The minimum atomic E-state index is -1.14. The lowest BCUT2D eigenvalue weighted by Crippen LogP contribution is -2.57. The van der Waals surface area contributed by atoms with Gasteiger partial charge in [-0.3, -0.25) is 9.59 Å². The Kier molecular flexibility index (Phi) is 8.33. The highest BCUT2D eigenvalue weighted by atomic mass is 127. The molecule has 0 saturated carbocycles. The summed E-state index contributed by atoms with van der Waals surface area (Å²) in [7, 11) is 0. The summed E-state index contributed by atoms with van der Waals surface area (Å²) in [5.74, 6) is -1.88. The molecule has 0 aliphatic carbocycles. The van der Waals surface area contributed by atoms with Gasteiger partial charge in [0, 0.05) is 10.8 Å². The molecule has 1 aliphatic heterocycles. The number of alkyl carbamates (subject to hydrolysis) is 1. The van der Waals surface area contributed by atoms with Gasteiger partial charge in [-0.1, -0.05) is 43.4 Å². The Bertz CT molecular complexity index is 555. The van der Waals surface area contributed by atoms with Crippen LogP contribution in [0.3, 0.4) is 0 Å². The summed E-state index contributed by atoms with van der Waals surface area (Å²) >= 11 is 2.11. The van der Waals surface area contributed by atoms with Crippen molar-refractivity contribution < 1.29 is 29.0 Å². The summed E-state index contributed by atoms with van der Waals surface area (Å²) in [6.07, 6.45) is -0.755. The van der Waals surface area contributed by atoms with Crippen molar-refractivity contribution in [3.05, 3.63) is 0 Å². The molecule has 2 amide bonds. The molecule has 0 radical (unpaired) electrons. The minimum Gasteiger partial charge on any atom is -0.461 e. The van der Waals surface area contributed by atoms with Gasteiger partial charge in [-0.15, -0.1) is 0 Å². The van der Waals surface area contributed by atoms with E-state index in [0.29, 0.717) is 10.8 Å². The van der Waals surface area contributed by atoms with E-state index in [4.69, 9.17) is 9.47 Å². The highest BCUT2D eigenvalue weighted by Crippen LogP contribution is 2.27. The van der Waals surface area contributed by atoms with Crippen molar-refractivity contribution >= 4 is 40.6 Å². The molecular weight excluding hydrogens is 467 g/mol. The number of esters is 1. The molecular formula is C18H31IN2O6. The molecule has 1 rings (SSSR count). The first-order valence-electron chi connectivity index (χ1n) is 8.95. The lowest BCUT2D eigenvalue weighted by atomic mass is 9.86. The predicted molar refractivity (Wildman–Crippen MR) is 109 cm³/mol. The molecule has 9 heteroatoms. The fourth-order valence-corrected chi connectivity index (χ4v) is 3.17. The van der Waals surface area contributed by atoms with E-state index in [1.165, 1.54) is 0 Å². The molecule has 1 aliphatic rings. The SMILES string of the molecule is CC(C)(C)OC(=O)N[C@@H](C(=O)N[C@@H](CO)C(C)(C)C)[C@@H]1C[C@H](CI)OC1=O. The van der Waals surface area contributed by atoms with Crippen LogP contribution in [0, 0.1) is 11.3 Å². The average molecular weight is 498 g/mol. The van der Waals surface area contributed by atoms with E-state index >= 15 is 0 Å². The zero-order chi connectivity index (χ0) is 21.0. The molecule has 0 aromatic heterocycles. The second-order valence-corrected chi connectivity index (χ2v) is 9.67. The number of hydrogen-bond acceptors (Lipinski definition) is 6. The smallest absolute Gasteiger partial charge is 0.408 e. The first-order valence-corrected chi connectivity index (χ1v) is 10.5. The van der Waals surface area contributed by atoms with E-state index in [1.54, 1.807) is 20.8 Å². The van der Waals surface area contributed by atoms with Crippen molar-refractivity contribution in [2.75, 3.05) is 11.0 Å². The number of nitrogens with one attached hydrogen (secondary N) is 2. The second-order valence-electron chi connectivity index (χ2n) is 8.79. The van der Waals surface area contributed by atoms with Crippen LogP contribution in [-0.2, 0) is 19.1 Å². The van der Waals surface area contributed by atoms with Gasteiger partial charge in [0.1, 0.15) is 17.7 Å². The molecule has 0 aromatic carbocycles. The highest BCUT2D eigenvalue weighted by molar-refractivity contribution is 14.1. The molecule has 0 bridgehead atoms. The topological polar surface area (TPSA) is 114 Å². The van der Waals surface area contributed by atoms with Crippen LogP contribution in [0.15, 0.2) is 0 Å². The number of ether oxygens (including phenoxy) is 2. The number of carbonyl (C=O) groups is 3. The fraction of sp³-hybridized carbons (Fsp3) is 0.833. The third-order valence-electron chi connectivity index (χ3n) is 4.18. The lowest BCUT2D eigenvalue weighted by Gasteiger charge is -2.32. The average Bonchev–Trinajstić information content (AvgIpc) is 2.88. The Hall–Kier alpha value is -1.10. The Morgan fingerprint density at radius 2 is 1.85 bits per heavy atom. The van der Waals surface area contributed by atoms with Crippen molar-refractivity contribution in [1.29, 1.82) is 0 Å². The maximum absolute atomic E-state index is 12.9.